The van der Waals surface area contributed by atoms with Crippen molar-refractivity contribution in [2.75, 3.05) is 26.0 Å². The third kappa shape index (κ3) is 6.46. The number of hydrogen-bond donors (Lipinski definition) is 1. The molecule has 1 atom stereocenters. The summed E-state index contributed by atoms with van der Waals surface area (Å²) in [5, 5.41) is 0.497. The number of nitrogens with zero attached hydrogens (tertiary/aromatic N) is 4. The summed E-state index contributed by atoms with van der Waals surface area (Å²) in [6, 6.07) is 14.7. The Kier molecular flexibility index (Phi) is 8.78. The molecule has 4 heterocycles. The summed E-state index contributed by atoms with van der Waals surface area (Å²) in [5.41, 5.74) is 6.74. The van der Waals surface area contributed by atoms with E-state index < -0.39 is 0 Å². The van der Waals surface area contributed by atoms with Crippen molar-refractivity contribution < 1.29 is 9.53 Å². The third-order valence-corrected chi connectivity index (χ3v) is 8.98. The van der Waals surface area contributed by atoms with Gasteiger partial charge in [0.15, 0.2) is 5.16 Å². The Labute approximate surface area is 231 Å². The molecule has 9 heteroatoms. The summed E-state index contributed by atoms with van der Waals surface area (Å²) in [6.45, 7) is 5.23. The van der Waals surface area contributed by atoms with E-state index in [0.717, 1.165) is 59.5 Å². The van der Waals surface area contributed by atoms with Crippen molar-refractivity contribution in [1.29, 1.82) is 0 Å². The number of H-pyrrole nitrogens is 1. The smallest absolute Gasteiger partial charge is 0.307 e. The number of ether oxygens (including phenoxy) is 1. The van der Waals surface area contributed by atoms with Crippen LogP contribution < -0.4 is 0 Å². The summed E-state index contributed by atoms with van der Waals surface area (Å²) in [7, 11) is 1.42. The molecule has 0 radical (unpaired) electrons. The maximum Gasteiger partial charge on any atom is 0.307 e. The number of carbonyl (C=O) groups is 1. The van der Waals surface area contributed by atoms with Crippen LogP contribution in [0.25, 0.3) is 11.3 Å². The van der Waals surface area contributed by atoms with E-state index in [2.05, 4.69) is 57.1 Å². The number of rotatable bonds is 10. The lowest BCUT2D eigenvalue weighted by Crippen LogP contribution is -2.32. The zero-order chi connectivity index (χ0) is 26.3. The molecule has 1 aliphatic heterocycles. The van der Waals surface area contributed by atoms with E-state index >= 15 is 0 Å². The number of esters is 1. The highest BCUT2D eigenvalue weighted by Gasteiger charge is 2.24. The maximum absolute atomic E-state index is 12.3. The molecule has 7 nitrogen and oxygen atoms in total. The molecule has 0 fully saturated rings. The van der Waals surface area contributed by atoms with Crippen molar-refractivity contribution in [3.63, 3.8) is 0 Å². The van der Waals surface area contributed by atoms with Crippen molar-refractivity contribution in [3.8, 4) is 11.3 Å². The number of methoxy groups -OCH3 is 1. The number of benzene rings is 1. The van der Waals surface area contributed by atoms with Gasteiger partial charge in [0.25, 0.3) is 0 Å². The zero-order valence-electron chi connectivity index (χ0n) is 21.6. The number of imidazole rings is 1. The Balaban J connectivity index is 1.27. The summed E-state index contributed by atoms with van der Waals surface area (Å²) < 4.78 is 5.01. The molecule has 5 rings (SSSR count). The molecule has 196 valence electrons. The Morgan fingerprint density at radius 3 is 2.79 bits per heavy atom. The van der Waals surface area contributed by atoms with E-state index in [-0.39, 0.29) is 17.6 Å². The van der Waals surface area contributed by atoms with Gasteiger partial charge in [-0.15, -0.1) is 11.8 Å². The molecule has 1 aromatic carbocycles. The number of thioether (sulfide) groups is 2. The number of carbonyl (C=O) groups excluding carboxylic acids is 1. The molecule has 0 bridgehead atoms. The first-order valence-electron chi connectivity index (χ1n) is 12.7. The minimum absolute atomic E-state index is 0.208. The third-order valence-electron chi connectivity index (χ3n) is 6.73. The van der Waals surface area contributed by atoms with Crippen LogP contribution in [0.1, 0.15) is 34.1 Å². The monoisotopic (exact) mass is 545 g/mol. The molecule has 4 aromatic rings. The van der Waals surface area contributed by atoms with Crippen molar-refractivity contribution in [1.82, 2.24) is 24.8 Å². The minimum Gasteiger partial charge on any atom is -0.469 e. The van der Waals surface area contributed by atoms with Gasteiger partial charge in [0, 0.05) is 54.4 Å². The van der Waals surface area contributed by atoms with Gasteiger partial charge in [-0.3, -0.25) is 19.7 Å². The van der Waals surface area contributed by atoms with Crippen molar-refractivity contribution in [2.24, 2.45) is 0 Å². The van der Waals surface area contributed by atoms with E-state index in [0.29, 0.717) is 0 Å². The highest BCUT2D eigenvalue weighted by atomic mass is 32.2. The van der Waals surface area contributed by atoms with Crippen LogP contribution in [0.2, 0.25) is 0 Å². The van der Waals surface area contributed by atoms with Gasteiger partial charge in [-0.1, -0.05) is 36.0 Å². The van der Waals surface area contributed by atoms with Crippen LogP contribution in [0.4, 0.5) is 0 Å². The van der Waals surface area contributed by atoms with Crippen LogP contribution in [0.15, 0.2) is 77.3 Å². The predicted octanol–water partition coefficient (Wildman–Crippen LogP) is 5.72. The van der Waals surface area contributed by atoms with Crippen molar-refractivity contribution >= 4 is 29.5 Å². The average Bonchev–Trinajstić information content (AvgIpc) is 3.42. The fourth-order valence-electron chi connectivity index (χ4n) is 4.64. The SMILES string of the molecule is COC(=O)CC(Sc1ncc(-c2cccnc2)[nH]1)c1nccc(SCCN2CCc3ccccc3C2)c1C. The number of aromatic amines is 1. The van der Waals surface area contributed by atoms with Gasteiger partial charge in [-0.05, 0) is 48.2 Å². The molecule has 1 aliphatic rings. The standard InChI is InChI=1S/C29H31N5O2S2/c1-20-25(37-15-14-34-13-10-21-6-3-4-7-23(21)19-34)9-12-31-28(20)26(16-27(35)36-2)38-29-32-18-24(33-29)22-8-5-11-30-17-22/h3-9,11-12,17-18,26H,10,13-16,19H2,1-2H3,(H,32,33). The van der Waals surface area contributed by atoms with Crippen LogP contribution in [0.3, 0.4) is 0 Å². The molecular formula is C29H31N5O2S2. The van der Waals surface area contributed by atoms with Crippen LogP contribution in [0, 0.1) is 6.92 Å². The van der Waals surface area contributed by atoms with Crippen molar-refractivity contribution in [3.05, 3.63) is 89.6 Å². The summed E-state index contributed by atoms with van der Waals surface area (Å²) in [4.78, 5) is 32.8. The van der Waals surface area contributed by atoms with E-state index in [1.165, 1.54) is 34.9 Å². The number of nitrogens with one attached hydrogen (secondary N) is 1. The highest BCUT2D eigenvalue weighted by Crippen LogP contribution is 2.39. The van der Waals surface area contributed by atoms with Gasteiger partial charge in [0.05, 0.1) is 36.4 Å². The van der Waals surface area contributed by atoms with E-state index in [9.17, 15) is 4.79 Å². The zero-order valence-corrected chi connectivity index (χ0v) is 23.2. The molecule has 1 unspecified atom stereocenters. The molecule has 0 amide bonds. The first kappa shape index (κ1) is 26.5. The van der Waals surface area contributed by atoms with E-state index in [1.54, 1.807) is 18.6 Å². The van der Waals surface area contributed by atoms with Gasteiger partial charge < -0.3 is 9.72 Å². The van der Waals surface area contributed by atoms with Gasteiger partial charge >= 0.3 is 5.97 Å². The number of hydrogen-bond acceptors (Lipinski definition) is 8. The summed E-state index contributed by atoms with van der Waals surface area (Å²) in [5.74, 6) is 0.722. The highest BCUT2D eigenvalue weighted by molar-refractivity contribution is 7.99. The largest absolute Gasteiger partial charge is 0.469 e. The molecule has 1 N–H and O–H groups in total. The molecule has 0 saturated carbocycles. The van der Waals surface area contributed by atoms with Crippen LogP contribution in [-0.4, -0.2) is 56.8 Å². The number of fused-ring (bicyclic) bond motifs is 1. The molecule has 0 saturated heterocycles. The van der Waals surface area contributed by atoms with Gasteiger partial charge in [-0.25, -0.2) is 4.98 Å². The maximum atomic E-state index is 12.3. The molecule has 0 spiro atoms. The van der Waals surface area contributed by atoms with Crippen LogP contribution >= 0.6 is 23.5 Å². The fraction of sp³-hybridized carbons (Fsp3) is 0.310. The fourth-order valence-corrected chi connectivity index (χ4v) is 6.81. The lowest BCUT2D eigenvalue weighted by molar-refractivity contribution is -0.140. The summed E-state index contributed by atoms with van der Waals surface area (Å²) >= 11 is 3.34. The van der Waals surface area contributed by atoms with Gasteiger partial charge in [0.2, 0.25) is 0 Å². The lowest BCUT2D eigenvalue weighted by Gasteiger charge is -2.28. The Morgan fingerprint density at radius 1 is 1.11 bits per heavy atom. The van der Waals surface area contributed by atoms with Gasteiger partial charge in [-0.2, -0.15) is 0 Å². The van der Waals surface area contributed by atoms with Crippen LogP contribution in [-0.2, 0) is 22.5 Å². The first-order valence-corrected chi connectivity index (χ1v) is 14.5. The second-order valence-electron chi connectivity index (χ2n) is 9.19. The topological polar surface area (TPSA) is 84.0 Å². The Morgan fingerprint density at radius 2 is 1.97 bits per heavy atom. The molecular weight excluding hydrogens is 514 g/mol. The van der Waals surface area contributed by atoms with E-state index in [1.807, 2.05) is 30.1 Å². The second-order valence-corrected chi connectivity index (χ2v) is 11.5. The second kappa shape index (κ2) is 12.6. The Bertz CT molecular complexity index is 1380. The van der Waals surface area contributed by atoms with E-state index in [4.69, 9.17) is 9.72 Å². The minimum atomic E-state index is -0.272. The lowest BCUT2D eigenvalue weighted by atomic mass is 10.0. The average molecular weight is 546 g/mol. The summed E-state index contributed by atoms with van der Waals surface area (Å²) in [6.07, 6.45) is 8.49. The molecule has 3 aromatic heterocycles. The van der Waals surface area contributed by atoms with Crippen molar-refractivity contribution in [2.45, 2.75) is 41.6 Å². The normalized spacial score (nSPS) is 14.2. The van der Waals surface area contributed by atoms with Gasteiger partial charge in [0.1, 0.15) is 0 Å². The molecule has 38 heavy (non-hydrogen) atoms. The number of aromatic nitrogens is 4. The first-order chi connectivity index (χ1) is 18.6. The quantitative estimate of drug-likeness (QED) is 0.200. The number of pyridine rings is 2. The van der Waals surface area contributed by atoms with Crippen LogP contribution in [0.5, 0.6) is 0 Å². The molecule has 0 aliphatic carbocycles. The predicted molar refractivity (Wildman–Crippen MR) is 152 cm³/mol. The Hall–Kier alpha value is -3.14.